The Balaban J connectivity index is 1.58. The van der Waals surface area contributed by atoms with Gasteiger partial charge in [-0.25, -0.2) is 4.98 Å². The van der Waals surface area contributed by atoms with Gasteiger partial charge in [-0.1, -0.05) is 35.5 Å². The van der Waals surface area contributed by atoms with Crippen LogP contribution in [0.5, 0.6) is 0 Å². The summed E-state index contributed by atoms with van der Waals surface area (Å²) in [5, 5.41) is 5.12. The summed E-state index contributed by atoms with van der Waals surface area (Å²) in [6.07, 6.45) is 4.63. The third-order valence-electron chi connectivity index (χ3n) is 4.73. The summed E-state index contributed by atoms with van der Waals surface area (Å²) in [6, 6.07) is 9.66. The number of carbonyl (C=O) groups excluding carboxylic acids is 1. The topological polar surface area (TPSA) is 59.2 Å². The van der Waals surface area contributed by atoms with Gasteiger partial charge in [-0.3, -0.25) is 4.79 Å². The molecule has 1 aliphatic carbocycles. The highest BCUT2D eigenvalue weighted by Crippen LogP contribution is 2.29. The van der Waals surface area contributed by atoms with Gasteiger partial charge in [-0.2, -0.15) is 0 Å². The normalized spacial score (nSPS) is 13.5. The number of amides is 1. The summed E-state index contributed by atoms with van der Waals surface area (Å²) in [5.41, 5.74) is 3.23. The predicted octanol–water partition coefficient (Wildman–Crippen LogP) is 4.26. The van der Waals surface area contributed by atoms with Crippen LogP contribution in [-0.2, 0) is 19.4 Å². The molecule has 2 heterocycles. The van der Waals surface area contributed by atoms with Crippen LogP contribution >= 0.6 is 11.3 Å². The number of carbonyl (C=O) groups is 1. The molecule has 0 unspecified atom stereocenters. The third-order valence-corrected chi connectivity index (χ3v) is 5.88. The zero-order valence-corrected chi connectivity index (χ0v) is 15.8. The number of benzene rings is 1. The molecule has 0 saturated heterocycles. The Bertz CT molecular complexity index is 906. The van der Waals surface area contributed by atoms with Gasteiger partial charge in [-0.15, -0.1) is 11.3 Å². The Morgan fingerprint density at radius 2 is 2.00 bits per heavy atom. The van der Waals surface area contributed by atoms with Gasteiger partial charge >= 0.3 is 0 Å². The summed E-state index contributed by atoms with van der Waals surface area (Å²) < 4.78 is 5.33. The highest BCUT2D eigenvalue weighted by molar-refractivity contribution is 7.11. The molecule has 1 aliphatic rings. The Morgan fingerprint density at radius 3 is 2.77 bits per heavy atom. The third kappa shape index (κ3) is 3.17. The number of rotatable bonds is 4. The van der Waals surface area contributed by atoms with Crippen molar-refractivity contribution >= 4 is 17.2 Å². The molecule has 6 heteroatoms. The van der Waals surface area contributed by atoms with Crippen LogP contribution in [0, 0.1) is 6.92 Å². The van der Waals surface area contributed by atoms with Gasteiger partial charge in [0.15, 0.2) is 0 Å². The van der Waals surface area contributed by atoms with Crippen molar-refractivity contribution in [2.75, 3.05) is 7.05 Å². The molecule has 2 aromatic heterocycles. The summed E-state index contributed by atoms with van der Waals surface area (Å²) in [6.45, 7) is 2.29. The van der Waals surface area contributed by atoms with E-state index in [4.69, 9.17) is 9.51 Å². The minimum absolute atomic E-state index is 0.0872. The second kappa shape index (κ2) is 7.03. The van der Waals surface area contributed by atoms with Gasteiger partial charge in [0.2, 0.25) is 0 Å². The molecule has 0 spiro atoms. The van der Waals surface area contributed by atoms with E-state index in [1.807, 2.05) is 37.4 Å². The van der Waals surface area contributed by atoms with Crippen molar-refractivity contribution in [3.05, 3.63) is 57.2 Å². The monoisotopic (exact) mass is 367 g/mol. The van der Waals surface area contributed by atoms with Gasteiger partial charge < -0.3 is 9.42 Å². The molecule has 0 atom stereocenters. The summed E-state index contributed by atoms with van der Waals surface area (Å²) in [5.74, 6) is 0.454. The van der Waals surface area contributed by atoms with Crippen LogP contribution in [0.2, 0.25) is 0 Å². The zero-order chi connectivity index (χ0) is 18.1. The average molecular weight is 367 g/mol. The van der Waals surface area contributed by atoms with Crippen molar-refractivity contribution < 1.29 is 9.32 Å². The molecule has 1 aromatic carbocycles. The minimum atomic E-state index is -0.0872. The first kappa shape index (κ1) is 17.0. The number of hydrogen-bond donors (Lipinski definition) is 0. The smallest absolute Gasteiger partial charge is 0.259 e. The Kier molecular flexibility index (Phi) is 4.59. The fraction of sp³-hybridized carbons (Fsp3) is 0.350. The van der Waals surface area contributed by atoms with Crippen molar-refractivity contribution in [1.29, 1.82) is 0 Å². The lowest BCUT2D eigenvalue weighted by Crippen LogP contribution is -2.27. The fourth-order valence-corrected chi connectivity index (χ4v) is 4.57. The van der Waals surface area contributed by atoms with E-state index in [-0.39, 0.29) is 5.91 Å². The second-order valence-corrected chi connectivity index (χ2v) is 7.84. The highest BCUT2D eigenvalue weighted by atomic mass is 32.1. The van der Waals surface area contributed by atoms with Crippen molar-refractivity contribution in [3.8, 4) is 11.3 Å². The van der Waals surface area contributed by atoms with Crippen LogP contribution in [-0.4, -0.2) is 28.0 Å². The van der Waals surface area contributed by atoms with Gasteiger partial charge in [-0.05, 0) is 32.6 Å². The van der Waals surface area contributed by atoms with Crippen LogP contribution in [0.15, 0.2) is 34.9 Å². The SMILES string of the molecule is Cc1onc(-c2ccccc2)c1C(=O)N(C)Cc1nc2c(s1)CCCC2. The average Bonchev–Trinajstić information content (AvgIpc) is 3.24. The van der Waals surface area contributed by atoms with Crippen molar-refractivity contribution in [3.63, 3.8) is 0 Å². The van der Waals surface area contributed by atoms with Crippen LogP contribution < -0.4 is 0 Å². The quantitative estimate of drug-likeness (QED) is 0.691. The number of nitrogens with zero attached hydrogens (tertiary/aromatic N) is 3. The van der Waals surface area contributed by atoms with E-state index in [1.165, 1.54) is 23.4 Å². The number of aryl methyl sites for hydroxylation is 3. The van der Waals surface area contributed by atoms with E-state index < -0.39 is 0 Å². The van der Waals surface area contributed by atoms with E-state index >= 15 is 0 Å². The fourth-order valence-electron chi connectivity index (χ4n) is 3.36. The predicted molar refractivity (Wildman–Crippen MR) is 101 cm³/mol. The highest BCUT2D eigenvalue weighted by Gasteiger charge is 2.25. The first-order chi connectivity index (χ1) is 12.6. The molecule has 0 radical (unpaired) electrons. The lowest BCUT2D eigenvalue weighted by molar-refractivity contribution is 0.0784. The summed E-state index contributed by atoms with van der Waals surface area (Å²) in [7, 11) is 1.81. The molecule has 0 bridgehead atoms. The van der Waals surface area contributed by atoms with E-state index in [9.17, 15) is 4.79 Å². The molecule has 134 valence electrons. The van der Waals surface area contributed by atoms with Crippen molar-refractivity contribution in [2.45, 2.75) is 39.2 Å². The summed E-state index contributed by atoms with van der Waals surface area (Å²) >= 11 is 1.74. The standard InChI is InChI=1S/C20H21N3O2S/c1-13-18(19(22-25-13)14-8-4-3-5-9-14)20(24)23(2)12-17-21-15-10-6-7-11-16(15)26-17/h3-5,8-9H,6-7,10-12H2,1-2H3. The number of hydrogen-bond acceptors (Lipinski definition) is 5. The van der Waals surface area contributed by atoms with Crippen molar-refractivity contribution in [1.82, 2.24) is 15.0 Å². The first-order valence-electron chi connectivity index (χ1n) is 8.88. The van der Waals surface area contributed by atoms with E-state index in [0.29, 0.717) is 23.6 Å². The van der Waals surface area contributed by atoms with E-state index in [0.717, 1.165) is 23.4 Å². The van der Waals surface area contributed by atoms with E-state index in [1.54, 1.807) is 23.2 Å². The molecule has 26 heavy (non-hydrogen) atoms. The molecule has 0 fully saturated rings. The lowest BCUT2D eigenvalue weighted by atomic mass is 10.0. The Hall–Kier alpha value is -2.47. The van der Waals surface area contributed by atoms with Gasteiger partial charge in [0, 0.05) is 17.5 Å². The Labute approximate surface area is 156 Å². The number of thiazole rings is 1. The molecule has 3 aromatic rings. The van der Waals surface area contributed by atoms with Gasteiger partial charge in [0.1, 0.15) is 22.0 Å². The molecule has 4 rings (SSSR count). The van der Waals surface area contributed by atoms with Crippen molar-refractivity contribution in [2.24, 2.45) is 0 Å². The largest absolute Gasteiger partial charge is 0.360 e. The Morgan fingerprint density at radius 1 is 1.23 bits per heavy atom. The van der Waals surface area contributed by atoms with Crippen LogP contribution in [0.25, 0.3) is 11.3 Å². The molecule has 0 aliphatic heterocycles. The zero-order valence-electron chi connectivity index (χ0n) is 15.0. The number of aromatic nitrogens is 2. The molecular formula is C20H21N3O2S. The van der Waals surface area contributed by atoms with Crippen LogP contribution in [0.3, 0.4) is 0 Å². The molecule has 0 saturated carbocycles. The van der Waals surface area contributed by atoms with Gasteiger partial charge in [0.25, 0.3) is 5.91 Å². The van der Waals surface area contributed by atoms with E-state index in [2.05, 4.69) is 5.16 Å². The second-order valence-electron chi connectivity index (χ2n) is 6.67. The molecule has 0 N–H and O–H groups in total. The van der Waals surface area contributed by atoms with Crippen LogP contribution in [0.4, 0.5) is 0 Å². The molecule has 1 amide bonds. The first-order valence-corrected chi connectivity index (χ1v) is 9.69. The van der Waals surface area contributed by atoms with Gasteiger partial charge in [0.05, 0.1) is 12.2 Å². The maximum Gasteiger partial charge on any atom is 0.259 e. The summed E-state index contributed by atoms with van der Waals surface area (Å²) in [4.78, 5) is 20.9. The maximum absolute atomic E-state index is 13.1. The minimum Gasteiger partial charge on any atom is -0.360 e. The maximum atomic E-state index is 13.1. The lowest BCUT2D eigenvalue weighted by Gasteiger charge is -2.15. The molecular weight excluding hydrogens is 346 g/mol. The number of fused-ring (bicyclic) bond motifs is 1. The van der Waals surface area contributed by atoms with Crippen LogP contribution in [0.1, 0.15) is 44.5 Å². The molecule has 5 nitrogen and oxygen atoms in total.